The summed E-state index contributed by atoms with van der Waals surface area (Å²) in [7, 11) is 0. The molecule has 0 saturated heterocycles. The van der Waals surface area contributed by atoms with Crippen molar-refractivity contribution in [3.05, 3.63) is 27.7 Å². The highest BCUT2D eigenvalue weighted by Crippen LogP contribution is 2.77. The molecule has 1 heterocycles. The van der Waals surface area contributed by atoms with E-state index in [2.05, 4.69) is 58.8 Å². The number of aliphatic hydroxyl groups excluding tert-OH is 1. The summed E-state index contributed by atoms with van der Waals surface area (Å²) in [6, 6.07) is 0. The van der Waals surface area contributed by atoms with Gasteiger partial charge in [0.25, 0.3) is 0 Å². The van der Waals surface area contributed by atoms with Crippen molar-refractivity contribution in [2.24, 2.45) is 56.2 Å². The van der Waals surface area contributed by atoms with E-state index in [0.717, 1.165) is 61.8 Å². The Morgan fingerprint density at radius 1 is 1.02 bits per heavy atom. The zero-order valence-corrected chi connectivity index (χ0v) is 32.8. The maximum Gasteiger partial charge on any atom is 0.309 e. The van der Waals surface area contributed by atoms with Gasteiger partial charge in [0.1, 0.15) is 6.10 Å². The summed E-state index contributed by atoms with van der Waals surface area (Å²) in [6.07, 6.45) is 9.16. The molecule has 0 aliphatic heterocycles. The van der Waals surface area contributed by atoms with Crippen LogP contribution in [0.5, 0.6) is 0 Å². The quantitative estimate of drug-likeness (QED) is 0.209. The number of Topliss-reactive ketones (excluding diaryl/α,β-unsaturated/α-hetero) is 1. The van der Waals surface area contributed by atoms with Crippen LogP contribution in [0, 0.1) is 56.2 Å². The Morgan fingerprint density at radius 3 is 2.38 bits per heavy atom. The first-order valence-electron chi connectivity index (χ1n) is 19.2. The van der Waals surface area contributed by atoms with Gasteiger partial charge in [-0.05, 0) is 111 Å². The number of carboxylic acid groups (broad SMARTS) is 1. The molecule has 278 valence electrons. The van der Waals surface area contributed by atoms with Crippen molar-refractivity contribution in [3.63, 3.8) is 0 Å². The molecule has 1 aromatic heterocycles. The van der Waals surface area contributed by atoms with E-state index in [1.807, 2.05) is 11.7 Å². The van der Waals surface area contributed by atoms with E-state index >= 15 is 0 Å². The number of nitrogens with one attached hydrogen (secondary N) is 1. The summed E-state index contributed by atoms with van der Waals surface area (Å²) in [5.41, 5.74) is 2.35. The third-order valence-corrected chi connectivity index (χ3v) is 16.4. The predicted molar refractivity (Wildman–Crippen MR) is 195 cm³/mol. The van der Waals surface area contributed by atoms with Crippen molar-refractivity contribution < 1.29 is 29.3 Å². The van der Waals surface area contributed by atoms with E-state index in [1.54, 1.807) is 25.2 Å². The average molecular weight is 711 g/mol. The Kier molecular flexibility index (Phi) is 9.63. The Balaban J connectivity index is 1.27. The number of ketones is 1. The molecule has 5 aliphatic carbocycles. The number of aliphatic carboxylic acids is 1. The number of aromatic nitrogens is 1. The van der Waals surface area contributed by atoms with E-state index in [-0.39, 0.29) is 51.8 Å². The van der Waals surface area contributed by atoms with Gasteiger partial charge in [0.15, 0.2) is 5.78 Å². The van der Waals surface area contributed by atoms with Crippen LogP contribution < -0.4 is 5.32 Å². The molecule has 0 aromatic carbocycles. The molecule has 6 rings (SSSR count). The molecule has 3 N–H and O–H groups in total. The van der Waals surface area contributed by atoms with E-state index in [9.17, 15) is 24.6 Å². The van der Waals surface area contributed by atoms with Gasteiger partial charge in [0.05, 0.1) is 23.5 Å². The molecule has 4 fully saturated rings. The van der Waals surface area contributed by atoms with Gasteiger partial charge in [0, 0.05) is 41.4 Å². The maximum absolute atomic E-state index is 14.0. The lowest BCUT2D eigenvalue weighted by Crippen LogP contribution is -2.66. The largest absolute Gasteiger partial charge is 0.481 e. The highest BCUT2D eigenvalue weighted by atomic mass is 32.1. The summed E-state index contributed by atoms with van der Waals surface area (Å²) >= 11 is 1.61. The van der Waals surface area contributed by atoms with E-state index in [0.29, 0.717) is 31.3 Å². The number of allylic oxidation sites excluding steroid dienone is 1. The van der Waals surface area contributed by atoms with Gasteiger partial charge in [-0.1, -0.05) is 54.0 Å². The van der Waals surface area contributed by atoms with Gasteiger partial charge in [-0.2, -0.15) is 0 Å². The second-order valence-electron chi connectivity index (χ2n) is 19.2. The van der Waals surface area contributed by atoms with Crippen LogP contribution in [0.15, 0.2) is 22.9 Å². The number of carbonyl (C=O) groups is 3. The van der Waals surface area contributed by atoms with Crippen molar-refractivity contribution >= 4 is 29.1 Å². The standard InChI is InChI=1S/C41H62N2O6S/c1-24(2)33-27(44)18-41(30(45)22-42-20-25-21-43-23-50-25)17-16-39(8)26(34(33)41)10-11-29-38(7)14-13-31(49-32(46)19-36(3,4)35(47)48)37(5,6)28(38)12-15-40(29,39)9/h21,23-24,26,28-31,42,45H,10-20,22H2,1-9H3,(H,47,48)/t26-,28?,29-,30+,31+,38+,39-,40-,41+/m1/s1. The van der Waals surface area contributed by atoms with Crippen molar-refractivity contribution in [3.8, 4) is 0 Å². The minimum Gasteiger partial charge on any atom is -0.481 e. The average Bonchev–Trinajstić information content (AvgIpc) is 3.64. The lowest BCUT2D eigenvalue weighted by molar-refractivity contribution is -0.235. The first kappa shape index (κ1) is 37.7. The van der Waals surface area contributed by atoms with Crippen LogP contribution >= 0.6 is 11.3 Å². The molecule has 0 bridgehead atoms. The SMILES string of the molecule is CC(C)C1=C2[C@H]3CC[C@@H]4[C@@]5(C)CC[C@H](OC(=O)CC(C)(C)C(=O)O)C(C)(C)C5CC[C@@]4(C)[C@]3(C)CC[C@@]2([C@@H](O)CNCc2cncs2)CC1=O. The number of thiazole rings is 1. The minimum absolute atomic E-state index is 0.000845. The highest BCUT2D eigenvalue weighted by Gasteiger charge is 2.70. The molecule has 0 radical (unpaired) electrons. The van der Waals surface area contributed by atoms with Crippen LogP contribution in [0.4, 0.5) is 0 Å². The molecule has 1 aromatic rings. The molecule has 8 nitrogen and oxygen atoms in total. The fourth-order valence-corrected chi connectivity index (χ4v) is 13.3. The summed E-state index contributed by atoms with van der Waals surface area (Å²) in [4.78, 5) is 44.1. The Hall–Kier alpha value is -2.10. The lowest BCUT2D eigenvalue weighted by Gasteiger charge is -2.72. The van der Waals surface area contributed by atoms with Gasteiger partial charge in [-0.3, -0.25) is 19.4 Å². The molecular formula is C41H62N2O6S. The molecule has 5 aliphatic rings. The van der Waals surface area contributed by atoms with E-state index in [4.69, 9.17) is 4.74 Å². The number of carboxylic acids is 1. The van der Waals surface area contributed by atoms with Crippen LogP contribution in [0.25, 0.3) is 0 Å². The van der Waals surface area contributed by atoms with Crippen molar-refractivity contribution in [2.45, 2.75) is 145 Å². The number of rotatable bonds is 10. The zero-order valence-electron chi connectivity index (χ0n) is 32.0. The molecule has 0 amide bonds. The minimum atomic E-state index is -1.16. The monoisotopic (exact) mass is 710 g/mol. The van der Waals surface area contributed by atoms with Gasteiger partial charge in [0.2, 0.25) is 0 Å². The molecule has 50 heavy (non-hydrogen) atoms. The van der Waals surface area contributed by atoms with Gasteiger partial charge < -0.3 is 20.3 Å². The first-order valence-corrected chi connectivity index (χ1v) is 20.1. The second-order valence-corrected chi connectivity index (χ2v) is 20.1. The van der Waals surface area contributed by atoms with Crippen molar-refractivity contribution in [1.82, 2.24) is 10.3 Å². The van der Waals surface area contributed by atoms with Gasteiger partial charge >= 0.3 is 11.9 Å². The first-order chi connectivity index (χ1) is 23.2. The maximum atomic E-state index is 14.0. The van der Waals surface area contributed by atoms with Crippen molar-refractivity contribution in [1.29, 1.82) is 0 Å². The number of carbonyl (C=O) groups excluding carboxylic acids is 2. The van der Waals surface area contributed by atoms with Crippen molar-refractivity contribution in [2.75, 3.05) is 6.54 Å². The fourth-order valence-electron chi connectivity index (χ4n) is 12.8. The Bertz CT molecular complexity index is 1530. The molecule has 0 spiro atoms. The molecule has 1 unspecified atom stereocenters. The van der Waals surface area contributed by atoms with Crippen LogP contribution in [0.3, 0.4) is 0 Å². The third-order valence-electron chi connectivity index (χ3n) is 15.6. The number of ether oxygens (including phenoxy) is 1. The number of esters is 1. The molecule has 9 heteroatoms. The summed E-state index contributed by atoms with van der Waals surface area (Å²) in [6.45, 7) is 20.8. The summed E-state index contributed by atoms with van der Waals surface area (Å²) in [5, 5.41) is 25.1. The Labute approximate surface area is 303 Å². The number of fused-ring (bicyclic) bond motifs is 7. The topological polar surface area (TPSA) is 126 Å². The van der Waals surface area contributed by atoms with Gasteiger partial charge in [-0.25, -0.2) is 0 Å². The lowest BCUT2D eigenvalue weighted by atomic mass is 9.33. The fraction of sp³-hybridized carbons (Fsp3) is 0.805. The van der Waals surface area contributed by atoms with Crippen LogP contribution in [0.2, 0.25) is 0 Å². The third kappa shape index (κ3) is 5.66. The highest BCUT2D eigenvalue weighted by molar-refractivity contribution is 7.09. The number of hydrogen-bond donors (Lipinski definition) is 3. The van der Waals surface area contributed by atoms with Crippen LogP contribution in [0.1, 0.15) is 131 Å². The van der Waals surface area contributed by atoms with Gasteiger partial charge in [-0.15, -0.1) is 11.3 Å². The Morgan fingerprint density at radius 2 is 1.74 bits per heavy atom. The zero-order chi connectivity index (χ0) is 36.7. The van der Waals surface area contributed by atoms with Crippen LogP contribution in [-0.4, -0.2) is 51.7 Å². The molecule has 4 saturated carbocycles. The smallest absolute Gasteiger partial charge is 0.309 e. The summed E-state index contributed by atoms with van der Waals surface area (Å²) < 4.78 is 6.16. The van der Waals surface area contributed by atoms with E-state index in [1.165, 1.54) is 5.57 Å². The number of hydrogen-bond acceptors (Lipinski definition) is 8. The van der Waals surface area contributed by atoms with E-state index < -0.39 is 28.9 Å². The summed E-state index contributed by atoms with van der Waals surface area (Å²) in [5.74, 6) is 0.0929. The van der Waals surface area contributed by atoms with Crippen LogP contribution in [-0.2, 0) is 25.7 Å². The predicted octanol–water partition coefficient (Wildman–Crippen LogP) is 7.99. The number of nitrogens with zero attached hydrogens (tertiary/aromatic N) is 1. The molecular weight excluding hydrogens is 649 g/mol. The number of aliphatic hydroxyl groups is 1. The normalized spacial score (nSPS) is 38.6. The molecule has 9 atom stereocenters. The second kappa shape index (κ2) is 12.8.